The predicted octanol–water partition coefficient (Wildman–Crippen LogP) is 0.977. The van der Waals surface area contributed by atoms with Gasteiger partial charge in [0.2, 0.25) is 0 Å². The molecule has 0 aromatic heterocycles. The lowest BCUT2D eigenvalue weighted by atomic mass is 10.3. The third-order valence-corrected chi connectivity index (χ3v) is 2.20. The van der Waals surface area contributed by atoms with Gasteiger partial charge in [0.15, 0.2) is 6.23 Å². The fourth-order valence-electron chi connectivity index (χ4n) is 0.670. The van der Waals surface area contributed by atoms with E-state index in [-0.39, 0.29) is 0 Å². The van der Waals surface area contributed by atoms with Crippen molar-refractivity contribution in [3.8, 4) is 0 Å². The highest BCUT2D eigenvalue weighted by Crippen LogP contribution is 2.04. The van der Waals surface area contributed by atoms with Crippen molar-refractivity contribution in [2.45, 2.75) is 26.0 Å². The Labute approximate surface area is 71.7 Å². The second-order valence-electron chi connectivity index (χ2n) is 2.11. The Morgan fingerprint density at radius 3 is 3.00 bits per heavy atom. The molecule has 0 fully saturated rings. The van der Waals surface area contributed by atoms with E-state index < -0.39 is 6.23 Å². The molecule has 1 atom stereocenters. The number of hydrogen-bond acceptors (Lipinski definition) is 4. The first-order chi connectivity index (χ1) is 5.31. The normalized spacial score (nSPS) is 12.5. The van der Waals surface area contributed by atoms with Gasteiger partial charge in [0, 0.05) is 0 Å². The maximum Gasteiger partial charge on any atom is 0.294 e. The van der Waals surface area contributed by atoms with Gasteiger partial charge in [-0.3, -0.25) is 10.5 Å². The molecule has 1 unspecified atom stereocenters. The topological polar surface area (TPSA) is 52.3 Å². The summed E-state index contributed by atoms with van der Waals surface area (Å²) in [5, 5.41) is 0. The molecule has 0 spiro atoms. The Kier molecular flexibility index (Phi) is 7.72. The highest BCUT2D eigenvalue weighted by molar-refractivity contribution is 7.99. The number of thioether (sulfide) groups is 1. The van der Waals surface area contributed by atoms with E-state index in [1.807, 2.05) is 11.8 Å². The lowest BCUT2D eigenvalue weighted by Crippen LogP contribution is -2.23. The second-order valence-corrected chi connectivity index (χ2v) is 3.50. The molecule has 0 aromatic carbocycles. The molecule has 4 heteroatoms. The van der Waals surface area contributed by atoms with Crippen molar-refractivity contribution in [2.75, 3.05) is 11.5 Å². The number of carbonyl (C=O) groups excluding carboxylic acids is 1. The minimum absolute atomic E-state index is 0.400. The maximum absolute atomic E-state index is 9.80. The number of ether oxygens (including phenoxy) is 1. The van der Waals surface area contributed by atoms with Gasteiger partial charge in [-0.15, -0.1) is 0 Å². The molecular formula is C7H15NO2S. The summed E-state index contributed by atoms with van der Waals surface area (Å²) in [5.41, 5.74) is 5.40. The van der Waals surface area contributed by atoms with E-state index in [2.05, 4.69) is 11.7 Å². The predicted molar refractivity (Wildman–Crippen MR) is 47.4 cm³/mol. The number of hydrogen-bond donors (Lipinski definition) is 1. The fourth-order valence-corrected chi connectivity index (χ4v) is 1.33. The molecule has 0 amide bonds. The van der Waals surface area contributed by atoms with Crippen LogP contribution >= 0.6 is 11.8 Å². The fraction of sp³-hybridized carbons (Fsp3) is 0.857. The van der Waals surface area contributed by atoms with Gasteiger partial charge in [-0.2, -0.15) is 11.8 Å². The summed E-state index contributed by atoms with van der Waals surface area (Å²) in [7, 11) is 0. The Balaban J connectivity index is 3.03. The third kappa shape index (κ3) is 7.68. The largest absolute Gasteiger partial charge is 0.449 e. The number of nitrogens with two attached hydrogens (primary N) is 1. The molecule has 0 aliphatic carbocycles. The van der Waals surface area contributed by atoms with Gasteiger partial charge in [-0.05, 0) is 24.3 Å². The zero-order valence-electron chi connectivity index (χ0n) is 6.79. The zero-order chi connectivity index (χ0) is 8.53. The van der Waals surface area contributed by atoms with Crippen LogP contribution in [-0.4, -0.2) is 24.2 Å². The van der Waals surface area contributed by atoms with Gasteiger partial charge in [0.1, 0.15) is 0 Å². The lowest BCUT2D eigenvalue weighted by molar-refractivity contribution is -0.133. The van der Waals surface area contributed by atoms with Crippen LogP contribution in [0.5, 0.6) is 0 Å². The first-order valence-electron chi connectivity index (χ1n) is 3.73. The Hall–Kier alpha value is -0.220. The second kappa shape index (κ2) is 7.88. The number of carbonyl (C=O) groups is 1. The summed E-state index contributed by atoms with van der Waals surface area (Å²) in [5.74, 6) is 2.22. The van der Waals surface area contributed by atoms with Gasteiger partial charge in [-0.25, -0.2) is 0 Å². The summed E-state index contributed by atoms with van der Waals surface area (Å²) >= 11 is 1.87. The highest BCUT2D eigenvalue weighted by atomic mass is 32.2. The van der Waals surface area contributed by atoms with E-state index in [0.29, 0.717) is 6.47 Å². The van der Waals surface area contributed by atoms with Gasteiger partial charge in [-0.1, -0.05) is 6.92 Å². The maximum atomic E-state index is 9.80. The Bertz CT molecular complexity index is 100. The Morgan fingerprint density at radius 2 is 2.45 bits per heavy atom. The van der Waals surface area contributed by atoms with Crippen LogP contribution in [0.25, 0.3) is 0 Å². The molecule has 0 radical (unpaired) electrons. The van der Waals surface area contributed by atoms with E-state index >= 15 is 0 Å². The van der Waals surface area contributed by atoms with E-state index in [1.54, 1.807) is 0 Å². The van der Waals surface area contributed by atoms with Crippen LogP contribution in [0, 0.1) is 0 Å². The van der Waals surface area contributed by atoms with Gasteiger partial charge < -0.3 is 4.74 Å². The molecule has 0 rings (SSSR count). The van der Waals surface area contributed by atoms with Crippen LogP contribution in [0.2, 0.25) is 0 Å². The van der Waals surface area contributed by atoms with Crippen molar-refractivity contribution in [2.24, 2.45) is 5.73 Å². The van der Waals surface area contributed by atoms with Gasteiger partial charge in [0.25, 0.3) is 6.47 Å². The molecule has 0 saturated carbocycles. The summed E-state index contributed by atoms with van der Waals surface area (Å²) in [6.45, 7) is 2.52. The highest BCUT2D eigenvalue weighted by Gasteiger charge is 1.99. The van der Waals surface area contributed by atoms with Crippen molar-refractivity contribution in [1.82, 2.24) is 0 Å². The molecule has 0 aromatic rings. The minimum Gasteiger partial charge on any atom is -0.449 e. The van der Waals surface area contributed by atoms with Crippen LogP contribution in [0.3, 0.4) is 0 Å². The van der Waals surface area contributed by atoms with E-state index in [9.17, 15) is 4.79 Å². The third-order valence-electron chi connectivity index (χ3n) is 1.21. The first kappa shape index (κ1) is 10.8. The van der Waals surface area contributed by atoms with E-state index in [4.69, 9.17) is 5.73 Å². The van der Waals surface area contributed by atoms with E-state index in [1.165, 1.54) is 0 Å². The smallest absolute Gasteiger partial charge is 0.294 e. The van der Waals surface area contributed by atoms with Gasteiger partial charge >= 0.3 is 0 Å². The molecule has 3 nitrogen and oxygen atoms in total. The quantitative estimate of drug-likeness (QED) is 0.358. The van der Waals surface area contributed by atoms with Crippen LogP contribution in [0.1, 0.15) is 19.8 Å². The molecule has 0 aliphatic heterocycles. The first-order valence-corrected chi connectivity index (χ1v) is 4.89. The van der Waals surface area contributed by atoms with Crippen molar-refractivity contribution >= 4 is 18.2 Å². The van der Waals surface area contributed by atoms with E-state index in [0.717, 1.165) is 24.3 Å². The van der Waals surface area contributed by atoms with Crippen molar-refractivity contribution in [3.05, 3.63) is 0 Å². The summed E-state index contributed by atoms with van der Waals surface area (Å²) < 4.78 is 4.51. The SMILES string of the molecule is CCSCCCC(N)OC=O. The summed E-state index contributed by atoms with van der Waals surface area (Å²) in [6, 6.07) is 0. The van der Waals surface area contributed by atoms with Crippen molar-refractivity contribution < 1.29 is 9.53 Å². The Morgan fingerprint density at radius 1 is 1.73 bits per heavy atom. The molecule has 0 bridgehead atoms. The molecule has 0 aliphatic rings. The minimum atomic E-state index is -0.412. The molecule has 0 saturated heterocycles. The molecule has 2 N–H and O–H groups in total. The monoisotopic (exact) mass is 177 g/mol. The zero-order valence-corrected chi connectivity index (χ0v) is 7.60. The molecule has 0 heterocycles. The van der Waals surface area contributed by atoms with Crippen molar-refractivity contribution in [3.63, 3.8) is 0 Å². The van der Waals surface area contributed by atoms with Crippen molar-refractivity contribution in [1.29, 1.82) is 0 Å². The molecule has 66 valence electrons. The number of rotatable bonds is 7. The molecular weight excluding hydrogens is 162 g/mol. The van der Waals surface area contributed by atoms with Crippen LogP contribution in [-0.2, 0) is 9.53 Å². The molecule has 11 heavy (non-hydrogen) atoms. The van der Waals surface area contributed by atoms with Crippen LogP contribution in [0.4, 0.5) is 0 Å². The lowest BCUT2D eigenvalue weighted by Gasteiger charge is -2.07. The summed E-state index contributed by atoms with van der Waals surface area (Å²) in [6.07, 6.45) is 1.35. The van der Waals surface area contributed by atoms with Gasteiger partial charge in [0.05, 0.1) is 0 Å². The standard InChI is InChI=1S/C7H15NO2S/c1-2-11-5-3-4-7(8)10-6-9/h6-7H,2-5,8H2,1H3. The van der Waals surface area contributed by atoms with Crippen LogP contribution in [0.15, 0.2) is 0 Å². The summed E-state index contributed by atoms with van der Waals surface area (Å²) in [4.78, 5) is 9.80. The van der Waals surface area contributed by atoms with Crippen LogP contribution < -0.4 is 5.73 Å². The average molecular weight is 177 g/mol. The average Bonchev–Trinajstić information content (AvgIpc) is 1.99.